The van der Waals surface area contributed by atoms with Gasteiger partial charge in [-0.05, 0) is 85.5 Å². The lowest BCUT2D eigenvalue weighted by molar-refractivity contribution is 0.104. The molecule has 0 radical (unpaired) electrons. The standard InChI is InChI=1S/C26H26NO4PS.CH4O/c1-27(13-15-32)12-14-31-21-9-4-17(5-10-21)25(30)24-22-11-8-20(29)16-23(22)33-26(24)18-2-6-19(28)7-3-18;1-2/h2-11,16,28-29H,12-15,32H2,1H3;2H,1H3. The zero-order chi connectivity index (χ0) is 25.4. The van der Waals surface area contributed by atoms with Crippen molar-refractivity contribution in [2.45, 2.75) is 0 Å². The lowest BCUT2D eigenvalue weighted by Gasteiger charge is -2.15. The topological polar surface area (TPSA) is 90.2 Å². The van der Waals surface area contributed by atoms with Crippen LogP contribution in [0.2, 0.25) is 0 Å². The SMILES string of the molecule is CN(CCP)CCOc1ccc(C(=O)c2c(-c3ccc(O)cc3)sc3cc(O)ccc23)cc1.CO. The van der Waals surface area contributed by atoms with Gasteiger partial charge in [0.25, 0.3) is 0 Å². The maximum absolute atomic E-state index is 13.6. The van der Waals surface area contributed by atoms with E-state index in [0.29, 0.717) is 17.7 Å². The van der Waals surface area contributed by atoms with Gasteiger partial charge in [0.05, 0.1) is 0 Å². The highest BCUT2D eigenvalue weighted by Gasteiger charge is 2.22. The van der Waals surface area contributed by atoms with E-state index in [-0.39, 0.29) is 17.3 Å². The van der Waals surface area contributed by atoms with Crippen LogP contribution in [0.3, 0.4) is 0 Å². The van der Waals surface area contributed by atoms with Gasteiger partial charge >= 0.3 is 0 Å². The van der Waals surface area contributed by atoms with Crippen molar-refractivity contribution in [2.75, 3.05) is 40.0 Å². The summed E-state index contributed by atoms with van der Waals surface area (Å²) < 4.78 is 6.66. The van der Waals surface area contributed by atoms with Gasteiger partial charge in [-0.15, -0.1) is 20.6 Å². The molecule has 8 heteroatoms. The number of carbonyl (C=O) groups excluding carboxylic acids is 1. The molecule has 0 amide bonds. The Hall–Kier alpha value is -2.96. The number of ether oxygens (including phenoxy) is 1. The Labute approximate surface area is 211 Å². The van der Waals surface area contributed by atoms with Crippen LogP contribution in [0.5, 0.6) is 17.2 Å². The molecule has 0 saturated carbocycles. The normalized spacial score (nSPS) is 10.8. The number of hydrogen-bond acceptors (Lipinski definition) is 7. The van der Waals surface area contributed by atoms with Crippen LogP contribution >= 0.6 is 20.6 Å². The van der Waals surface area contributed by atoms with E-state index in [1.165, 1.54) is 11.3 Å². The Morgan fingerprint density at radius 1 is 0.943 bits per heavy atom. The van der Waals surface area contributed by atoms with E-state index in [4.69, 9.17) is 9.84 Å². The molecule has 0 fully saturated rings. The summed E-state index contributed by atoms with van der Waals surface area (Å²) in [4.78, 5) is 16.6. The molecule has 35 heavy (non-hydrogen) atoms. The van der Waals surface area contributed by atoms with Crippen LogP contribution in [0.15, 0.2) is 66.7 Å². The molecule has 0 aliphatic carbocycles. The number of likely N-dealkylation sites (N-methyl/N-ethyl adjacent to an activating group) is 1. The van der Waals surface area contributed by atoms with E-state index < -0.39 is 0 Å². The molecule has 1 aromatic heterocycles. The maximum Gasteiger partial charge on any atom is 0.195 e. The Bertz CT molecular complexity index is 1260. The molecule has 4 rings (SSSR count). The number of ketones is 1. The Morgan fingerprint density at radius 3 is 2.26 bits per heavy atom. The highest BCUT2D eigenvalue weighted by molar-refractivity contribution is 7.22. The van der Waals surface area contributed by atoms with Gasteiger partial charge < -0.3 is 25.0 Å². The highest BCUT2D eigenvalue weighted by Crippen LogP contribution is 2.41. The van der Waals surface area contributed by atoms with Gasteiger partial charge in [0.2, 0.25) is 0 Å². The van der Waals surface area contributed by atoms with Gasteiger partial charge in [-0.1, -0.05) is 0 Å². The molecule has 1 heterocycles. The summed E-state index contributed by atoms with van der Waals surface area (Å²) >= 11 is 1.45. The average molecular weight is 512 g/mol. The lowest BCUT2D eigenvalue weighted by Crippen LogP contribution is -2.25. The monoisotopic (exact) mass is 511 g/mol. The first-order chi connectivity index (χ1) is 17.0. The summed E-state index contributed by atoms with van der Waals surface area (Å²) in [6.07, 6.45) is 1.02. The van der Waals surface area contributed by atoms with Crippen molar-refractivity contribution in [2.24, 2.45) is 0 Å². The Kier molecular flexibility index (Phi) is 9.64. The largest absolute Gasteiger partial charge is 0.508 e. The molecular formula is C27H30NO5PS. The number of aromatic hydroxyl groups is 2. The van der Waals surface area contributed by atoms with Crippen molar-refractivity contribution in [1.82, 2.24) is 4.90 Å². The fourth-order valence-electron chi connectivity index (χ4n) is 3.63. The third kappa shape index (κ3) is 6.59. The molecular weight excluding hydrogens is 481 g/mol. The van der Waals surface area contributed by atoms with Crippen LogP contribution in [0.25, 0.3) is 20.5 Å². The molecule has 0 saturated heterocycles. The first kappa shape index (κ1) is 26.6. The third-order valence-corrected chi connectivity index (χ3v) is 6.86. The van der Waals surface area contributed by atoms with Crippen LogP contribution < -0.4 is 4.74 Å². The van der Waals surface area contributed by atoms with Crippen LogP contribution in [-0.4, -0.2) is 66.0 Å². The minimum absolute atomic E-state index is 0.0956. The molecule has 4 aromatic rings. The maximum atomic E-state index is 13.6. The number of aliphatic hydroxyl groups is 1. The second kappa shape index (κ2) is 12.7. The van der Waals surface area contributed by atoms with E-state index in [1.54, 1.807) is 54.6 Å². The second-order valence-corrected chi connectivity index (χ2v) is 9.46. The summed E-state index contributed by atoms with van der Waals surface area (Å²) in [6, 6.07) is 19.1. The summed E-state index contributed by atoms with van der Waals surface area (Å²) in [5.41, 5.74) is 2.00. The van der Waals surface area contributed by atoms with Crippen LogP contribution in [-0.2, 0) is 0 Å². The van der Waals surface area contributed by atoms with Gasteiger partial charge in [-0.3, -0.25) is 4.79 Å². The van der Waals surface area contributed by atoms with Crippen molar-refractivity contribution >= 4 is 36.4 Å². The number of rotatable bonds is 9. The minimum atomic E-state index is -0.0956. The van der Waals surface area contributed by atoms with Crippen molar-refractivity contribution < 1.29 is 24.9 Å². The predicted octanol–water partition coefficient (Wildman–Crippen LogP) is 5.00. The number of carbonyl (C=O) groups is 1. The average Bonchev–Trinajstić information content (AvgIpc) is 3.24. The fourth-order valence-corrected chi connectivity index (χ4v) is 5.30. The van der Waals surface area contributed by atoms with Gasteiger partial charge in [0.1, 0.15) is 23.9 Å². The number of benzene rings is 3. The molecule has 0 aliphatic heterocycles. The van der Waals surface area contributed by atoms with E-state index in [0.717, 1.165) is 52.6 Å². The first-order valence-corrected chi connectivity index (χ1v) is 12.8. The van der Waals surface area contributed by atoms with E-state index >= 15 is 0 Å². The number of phenolic OH excluding ortho intramolecular Hbond substituents is 2. The molecule has 184 valence electrons. The summed E-state index contributed by atoms with van der Waals surface area (Å²) in [5, 5.41) is 27.4. The molecule has 1 unspecified atom stereocenters. The lowest BCUT2D eigenvalue weighted by atomic mass is 9.97. The third-order valence-electron chi connectivity index (χ3n) is 5.40. The zero-order valence-electron chi connectivity index (χ0n) is 19.8. The van der Waals surface area contributed by atoms with Gasteiger partial charge in [-0.2, -0.15) is 0 Å². The van der Waals surface area contributed by atoms with Crippen LogP contribution in [0.1, 0.15) is 15.9 Å². The highest BCUT2D eigenvalue weighted by atomic mass is 32.1. The quantitative estimate of drug-likeness (QED) is 0.216. The van der Waals surface area contributed by atoms with Crippen molar-refractivity contribution in [3.63, 3.8) is 0 Å². The van der Waals surface area contributed by atoms with E-state index in [2.05, 4.69) is 21.2 Å². The second-order valence-electron chi connectivity index (χ2n) is 7.83. The van der Waals surface area contributed by atoms with Gasteiger partial charge in [0.15, 0.2) is 5.78 Å². The van der Waals surface area contributed by atoms with E-state index in [9.17, 15) is 15.0 Å². The summed E-state index contributed by atoms with van der Waals surface area (Å²) in [7, 11) is 5.78. The van der Waals surface area contributed by atoms with Gasteiger partial charge in [0, 0.05) is 46.3 Å². The number of fused-ring (bicyclic) bond motifs is 1. The van der Waals surface area contributed by atoms with Crippen molar-refractivity contribution in [1.29, 1.82) is 0 Å². The summed E-state index contributed by atoms with van der Waals surface area (Å²) in [6.45, 7) is 2.41. The number of phenols is 2. The fraction of sp³-hybridized carbons (Fsp3) is 0.222. The van der Waals surface area contributed by atoms with E-state index in [1.807, 2.05) is 12.1 Å². The predicted molar refractivity (Wildman–Crippen MR) is 146 cm³/mol. The molecule has 6 nitrogen and oxygen atoms in total. The smallest absolute Gasteiger partial charge is 0.195 e. The number of nitrogens with zero attached hydrogens (tertiary/aromatic N) is 1. The molecule has 1 atom stereocenters. The Morgan fingerprint density at radius 2 is 1.60 bits per heavy atom. The molecule has 0 spiro atoms. The van der Waals surface area contributed by atoms with Gasteiger partial charge in [-0.25, -0.2) is 0 Å². The minimum Gasteiger partial charge on any atom is -0.508 e. The number of hydrogen-bond donors (Lipinski definition) is 3. The number of thiophene rings is 1. The van der Waals surface area contributed by atoms with Crippen LogP contribution in [0, 0.1) is 0 Å². The zero-order valence-corrected chi connectivity index (χ0v) is 21.7. The molecule has 3 N–H and O–H groups in total. The number of aliphatic hydroxyl groups excluding tert-OH is 1. The van der Waals surface area contributed by atoms with Crippen molar-refractivity contribution in [3.8, 4) is 27.7 Å². The first-order valence-electron chi connectivity index (χ1n) is 11.1. The Balaban J connectivity index is 0.00000167. The summed E-state index contributed by atoms with van der Waals surface area (Å²) in [5.74, 6) is 0.956. The molecule has 0 aliphatic rings. The van der Waals surface area contributed by atoms with Crippen LogP contribution in [0.4, 0.5) is 0 Å². The molecule has 3 aromatic carbocycles. The molecule has 0 bridgehead atoms. The van der Waals surface area contributed by atoms with Crippen molar-refractivity contribution in [3.05, 3.63) is 77.9 Å².